The van der Waals surface area contributed by atoms with Gasteiger partial charge in [0, 0.05) is 6.54 Å². The fraction of sp³-hybridized carbons (Fsp3) is 0.625. The van der Waals surface area contributed by atoms with E-state index in [0.717, 1.165) is 25.4 Å². The Bertz CT molecular complexity index is 274. The van der Waals surface area contributed by atoms with Gasteiger partial charge in [0.05, 0.1) is 0 Å². The number of para-hydroxylation sites is 1. The molecule has 0 radical (unpaired) electrons. The lowest BCUT2D eigenvalue weighted by molar-refractivity contribution is 0.313. The zero-order chi connectivity index (χ0) is 12.9. The highest BCUT2D eigenvalue weighted by Gasteiger charge is 1.92. The number of ether oxygens (including phenoxy) is 1. The molecule has 0 heterocycles. The van der Waals surface area contributed by atoms with Gasteiger partial charge >= 0.3 is 0 Å². The molecule has 2 heteroatoms. The molecular formula is C16H27NO. The predicted molar refractivity (Wildman–Crippen MR) is 78.2 cm³/mol. The van der Waals surface area contributed by atoms with E-state index in [-0.39, 0.29) is 0 Å². The predicted octanol–water partition coefficient (Wildman–Crippen LogP) is 4.02. The average Bonchev–Trinajstić information content (AvgIpc) is 2.42. The Hall–Kier alpha value is -1.02. The number of rotatable bonds is 11. The second kappa shape index (κ2) is 11.1. The molecule has 0 bridgehead atoms. The summed E-state index contributed by atoms with van der Waals surface area (Å²) in [5, 5.41) is 3.42. The van der Waals surface area contributed by atoms with Gasteiger partial charge in [0.15, 0.2) is 0 Å². The third-order valence-electron chi connectivity index (χ3n) is 3.00. The molecule has 0 aliphatic heterocycles. The molecule has 1 aromatic carbocycles. The van der Waals surface area contributed by atoms with Crippen molar-refractivity contribution >= 4 is 0 Å². The molecule has 0 aromatic heterocycles. The highest BCUT2D eigenvalue weighted by atomic mass is 16.5. The van der Waals surface area contributed by atoms with Crippen LogP contribution in [0, 0.1) is 0 Å². The monoisotopic (exact) mass is 249 g/mol. The summed E-state index contributed by atoms with van der Waals surface area (Å²) in [6, 6.07) is 9.99. The van der Waals surface area contributed by atoms with Crippen molar-refractivity contribution in [3.05, 3.63) is 30.3 Å². The van der Waals surface area contributed by atoms with E-state index in [0.29, 0.717) is 0 Å². The van der Waals surface area contributed by atoms with Gasteiger partial charge < -0.3 is 10.1 Å². The highest BCUT2D eigenvalue weighted by Crippen LogP contribution is 2.07. The minimum Gasteiger partial charge on any atom is -0.492 e. The summed E-state index contributed by atoms with van der Waals surface area (Å²) in [5.41, 5.74) is 0. The van der Waals surface area contributed by atoms with Crippen molar-refractivity contribution in [2.75, 3.05) is 19.7 Å². The lowest BCUT2D eigenvalue weighted by Crippen LogP contribution is -2.22. The quantitative estimate of drug-likeness (QED) is 0.598. The van der Waals surface area contributed by atoms with Crippen molar-refractivity contribution in [1.82, 2.24) is 5.32 Å². The van der Waals surface area contributed by atoms with Gasteiger partial charge in [-0.1, -0.05) is 57.2 Å². The molecular weight excluding hydrogens is 222 g/mol. The summed E-state index contributed by atoms with van der Waals surface area (Å²) < 4.78 is 5.60. The standard InChI is InChI=1S/C16H27NO/c1-2-3-4-5-6-10-13-17-14-15-18-16-11-8-7-9-12-16/h7-9,11-12,17H,2-6,10,13-15H2,1H3. The first-order chi connectivity index (χ1) is 8.93. The summed E-state index contributed by atoms with van der Waals surface area (Å²) in [7, 11) is 0. The summed E-state index contributed by atoms with van der Waals surface area (Å²) in [5.74, 6) is 0.957. The molecule has 0 aliphatic rings. The Morgan fingerprint density at radius 3 is 2.39 bits per heavy atom. The van der Waals surface area contributed by atoms with E-state index in [1.807, 2.05) is 30.3 Å². The lowest BCUT2D eigenvalue weighted by Gasteiger charge is -2.07. The van der Waals surface area contributed by atoms with E-state index in [1.165, 1.54) is 38.5 Å². The molecule has 0 amide bonds. The zero-order valence-corrected chi connectivity index (χ0v) is 11.7. The highest BCUT2D eigenvalue weighted by molar-refractivity contribution is 5.20. The third-order valence-corrected chi connectivity index (χ3v) is 3.00. The molecule has 1 rings (SSSR count). The Morgan fingerprint density at radius 1 is 0.889 bits per heavy atom. The topological polar surface area (TPSA) is 21.3 Å². The van der Waals surface area contributed by atoms with Crippen LogP contribution in [0.5, 0.6) is 5.75 Å². The minimum atomic E-state index is 0.750. The average molecular weight is 249 g/mol. The minimum absolute atomic E-state index is 0.750. The molecule has 1 aromatic rings. The zero-order valence-electron chi connectivity index (χ0n) is 11.7. The molecule has 0 atom stereocenters. The summed E-state index contributed by atoms with van der Waals surface area (Å²) in [4.78, 5) is 0. The Labute approximate surface area is 112 Å². The molecule has 1 N–H and O–H groups in total. The Balaban J connectivity index is 1.82. The van der Waals surface area contributed by atoms with Crippen LogP contribution in [0.4, 0.5) is 0 Å². The number of hydrogen-bond donors (Lipinski definition) is 1. The largest absolute Gasteiger partial charge is 0.492 e. The van der Waals surface area contributed by atoms with Crippen LogP contribution >= 0.6 is 0 Å². The van der Waals surface area contributed by atoms with Crippen LogP contribution in [-0.4, -0.2) is 19.7 Å². The molecule has 0 fully saturated rings. The fourth-order valence-corrected chi connectivity index (χ4v) is 1.91. The molecule has 18 heavy (non-hydrogen) atoms. The van der Waals surface area contributed by atoms with Crippen molar-refractivity contribution in [2.24, 2.45) is 0 Å². The number of hydrogen-bond acceptors (Lipinski definition) is 2. The van der Waals surface area contributed by atoms with Crippen LogP contribution in [0.2, 0.25) is 0 Å². The molecule has 0 spiro atoms. The fourth-order valence-electron chi connectivity index (χ4n) is 1.91. The van der Waals surface area contributed by atoms with Gasteiger partial charge in [-0.25, -0.2) is 0 Å². The van der Waals surface area contributed by atoms with Crippen LogP contribution < -0.4 is 10.1 Å². The third kappa shape index (κ3) is 8.13. The molecule has 2 nitrogen and oxygen atoms in total. The van der Waals surface area contributed by atoms with Crippen LogP contribution in [0.3, 0.4) is 0 Å². The van der Waals surface area contributed by atoms with Gasteiger partial charge in [0.1, 0.15) is 12.4 Å². The van der Waals surface area contributed by atoms with Crippen LogP contribution in [0.15, 0.2) is 30.3 Å². The number of nitrogens with one attached hydrogen (secondary N) is 1. The first-order valence-corrected chi connectivity index (χ1v) is 7.32. The molecule has 0 aliphatic carbocycles. The maximum Gasteiger partial charge on any atom is 0.119 e. The molecule has 0 unspecified atom stereocenters. The second-order valence-corrected chi connectivity index (χ2v) is 4.68. The first-order valence-electron chi connectivity index (χ1n) is 7.32. The van der Waals surface area contributed by atoms with Crippen molar-refractivity contribution < 1.29 is 4.74 Å². The van der Waals surface area contributed by atoms with E-state index < -0.39 is 0 Å². The number of unbranched alkanes of at least 4 members (excludes halogenated alkanes) is 5. The SMILES string of the molecule is CCCCCCCCNCCOc1ccccc1. The van der Waals surface area contributed by atoms with Gasteiger partial charge in [-0.3, -0.25) is 0 Å². The smallest absolute Gasteiger partial charge is 0.119 e. The van der Waals surface area contributed by atoms with Crippen molar-refractivity contribution in [1.29, 1.82) is 0 Å². The molecule has 102 valence electrons. The van der Waals surface area contributed by atoms with Crippen LogP contribution in [0.1, 0.15) is 45.4 Å². The summed E-state index contributed by atoms with van der Waals surface area (Å²) >= 11 is 0. The first kappa shape index (κ1) is 15.0. The van der Waals surface area contributed by atoms with Gasteiger partial charge in [0.25, 0.3) is 0 Å². The molecule has 0 saturated carbocycles. The van der Waals surface area contributed by atoms with Crippen LogP contribution in [0.25, 0.3) is 0 Å². The second-order valence-electron chi connectivity index (χ2n) is 4.68. The van der Waals surface area contributed by atoms with E-state index >= 15 is 0 Å². The maximum atomic E-state index is 5.60. The van der Waals surface area contributed by atoms with Gasteiger partial charge in [0.2, 0.25) is 0 Å². The Morgan fingerprint density at radius 2 is 1.61 bits per heavy atom. The van der Waals surface area contributed by atoms with E-state index in [4.69, 9.17) is 4.74 Å². The van der Waals surface area contributed by atoms with Crippen molar-refractivity contribution in [3.8, 4) is 5.75 Å². The van der Waals surface area contributed by atoms with Crippen molar-refractivity contribution in [2.45, 2.75) is 45.4 Å². The normalized spacial score (nSPS) is 10.5. The van der Waals surface area contributed by atoms with Crippen LogP contribution in [-0.2, 0) is 0 Å². The van der Waals surface area contributed by atoms with Gasteiger partial charge in [-0.15, -0.1) is 0 Å². The summed E-state index contributed by atoms with van der Waals surface area (Å²) in [6.45, 7) is 5.06. The van der Waals surface area contributed by atoms with Gasteiger partial charge in [-0.2, -0.15) is 0 Å². The maximum absolute atomic E-state index is 5.60. The van der Waals surface area contributed by atoms with E-state index in [9.17, 15) is 0 Å². The number of benzene rings is 1. The van der Waals surface area contributed by atoms with Crippen molar-refractivity contribution in [3.63, 3.8) is 0 Å². The summed E-state index contributed by atoms with van der Waals surface area (Å²) in [6.07, 6.45) is 8.14. The lowest BCUT2D eigenvalue weighted by atomic mass is 10.1. The van der Waals surface area contributed by atoms with E-state index in [1.54, 1.807) is 0 Å². The van der Waals surface area contributed by atoms with Gasteiger partial charge in [-0.05, 0) is 25.1 Å². The Kier molecular flexibility index (Phi) is 9.27. The molecule has 0 saturated heterocycles. The van der Waals surface area contributed by atoms with E-state index in [2.05, 4.69) is 12.2 Å².